The molecule has 0 bridgehead atoms. The second kappa shape index (κ2) is 7.94. The molecule has 1 amide bonds. The molecule has 0 unspecified atom stereocenters. The molecule has 0 fully saturated rings. The minimum Gasteiger partial charge on any atom is -0.452 e. The highest BCUT2D eigenvalue weighted by atomic mass is 19.1. The van der Waals surface area contributed by atoms with Crippen molar-refractivity contribution in [2.24, 2.45) is 0 Å². The number of halogens is 1. The van der Waals surface area contributed by atoms with Crippen molar-refractivity contribution in [3.63, 3.8) is 0 Å². The topological polar surface area (TPSA) is 112 Å². The summed E-state index contributed by atoms with van der Waals surface area (Å²) in [6, 6.07) is 13.6. The number of ether oxygens (including phenoxy) is 1. The minimum absolute atomic E-state index is 0.217. The molecule has 31 heavy (non-hydrogen) atoms. The maximum Gasteiger partial charge on any atom is 0.413 e. The molecule has 158 valence electrons. The standard InChI is InChI=1S/C22H21FN6O2/c1-28(22(30)31-2)20-17(24)10-14(11-18(20)25)19-15-7-5-9-26-21(15)29(27-19)12-13-6-3-4-8-16(13)23/h3-11H,12,24-25H2,1-2H3. The molecule has 0 aliphatic rings. The molecule has 0 saturated heterocycles. The molecule has 0 saturated carbocycles. The van der Waals surface area contributed by atoms with Crippen LogP contribution in [0.15, 0.2) is 54.7 Å². The van der Waals surface area contributed by atoms with Crippen molar-refractivity contribution >= 4 is 34.2 Å². The van der Waals surface area contributed by atoms with Gasteiger partial charge in [0, 0.05) is 29.8 Å². The summed E-state index contributed by atoms with van der Waals surface area (Å²) in [5, 5.41) is 5.45. The van der Waals surface area contributed by atoms with Crippen LogP contribution >= 0.6 is 0 Å². The predicted octanol–water partition coefficient (Wildman–Crippen LogP) is 3.65. The molecule has 0 aliphatic heterocycles. The number of nitrogen functional groups attached to an aromatic ring is 2. The molecule has 9 heteroatoms. The van der Waals surface area contributed by atoms with Crippen LogP contribution in [0, 0.1) is 5.82 Å². The molecular formula is C22H21FN6O2. The molecule has 4 aromatic rings. The number of methoxy groups -OCH3 is 1. The number of nitrogens with zero attached hydrogens (tertiary/aromatic N) is 4. The second-order valence-corrected chi connectivity index (χ2v) is 7.00. The molecule has 0 spiro atoms. The Morgan fingerprint density at radius 2 is 1.87 bits per heavy atom. The summed E-state index contributed by atoms with van der Waals surface area (Å²) in [5.41, 5.74) is 15.7. The summed E-state index contributed by atoms with van der Waals surface area (Å²) in [6.07, 6.45) is 1.07. The highest BCUT2D eigenvalue weighted by Crippen LogP contribution is 2.37. The van der Waals surface area contributed by atoms with E-state index in [1.54, 1.807) is 47.3 Å². The number of aromatic nitrogens is 3. The van der Waals surface area contributed by atoms with E-state index in [0.717, 1.165) is 5.39 Å². The van der Waals surface area contributed by atoms with Crippen LogP contribution < -0.4 is 16.4 Å². The lowest BCUT2D eigenvalue weighted by Gasteiger charge is -2.20. The number of carbonyl (C=O) groups is 1. The van der Waals surface area contributed by atoms with Gasteiger partial charge in [-0.1, -0.05) is 18.2 Å². The van der Waals surface area contributed by atoms with Crippen molar-refractivity contribution in [1.29, 1.82) is 0 Å². The normalized spacial score (nSPS) is 10.9. The summed E-state index contributed by atoms with van der Waals surface area (Å²) < 4.78 is 20.6. The summed E-state index contributed by atoms with van der Waals surface area (Å²) in [5.74, 6) is -0.313. The Balaban J connectivity index is 1.82. The van der Waals surface area contributed by atoms with Gasteiger partial charge in [-0.3, -0.25) is 4.90 Å². The smallest absolute Gasteiger partial charge is 0.413 e. The first-order chi connectivity index (χ1) is 14.9. The second-order valence-electron chi connectivity index (χ2n) is 7.00. The van der Waals surface area contributed by atoms with Crippen molar-refractivity contribution in [3.8, 4) is 11.3 Å². The van der Waals surface area contributed by atoms with E-state index in [-0.39, 0.29) is 12.4 Å². The maximum atomic E-state index is 14.2. The first-order valence-corrected chi connectivity index (χ1v) is 9.46. The van der Waals surface area contributed by atoms with Gasteiger partial charge in [-0.2, -0.15) is 5.10 Å². The van der Waals surface area contributed by atoms with Gasteiger partial charge in [-0.25, -0.2) is 18.9 Å². The summed E-state index contributed by atoms with van der Waals surface area (Å²) in [4.78, 5) is 17.6. The molecule has 4 rings (SSSR count). The molecule has 4 N–H and O–H groups in total. The zero-order valence-corrected chi connectivity index (χ0v) is 17.0. The number of hydrogen-bond donors (Lipinski definition) is 2. The van der Waals surface area contributed by atoms with Crippen LogP contribution in [0.2, 0.25) is 0 Å². The quantitative estimate of drug-likeness (QED) is 0.487. The Kier molecular flexibility index (Phi) is 5.16. The van der Waals surface area contributed by atoms with Gasteiger partial charge in [0.2, 0.25) is 0 Å². The molecule has 0 aliphatic carbocycles. The fourth-order valence-electron chi connectivity index (χ4n) is 3.55. The molecule has 2 aromatic heterocycles. The number of rotatable bonds is 4. The predicted molar refractivity (Wildman–Crippen MR) is 118 cm³/mol. The van der Waals surface area contributed by atoms with Crippen LogP contribution in [0.5, 0.6) is 0 Å². The van der Waals surface area contributed by atoms with Gasteiger partial charge in [-0.15, -0.1) is 0 Å². The molecule has 8 nitrogen and oxygen atoms in total. The monoisotopic (exact) mass is 420 g/mol. The SMILES string of the molecule is COC(=O)N(C)c1c(N)cc(-c2nn(Cc3ccccc3F)c3ncccc23)cc1N. The third-order valence-corrected chi connectivity index (χ3v) is 5.01. The molecule has 2 heterocycles. The number of carbonyl (C=O) groups excluding carboxylic acids is 1. The number of anilines is 3. The number of nitrogens with two attached hydrogens (primary N) is 2. The number of hydrogen-bond acceptors (Lipinski definition) is 6. The van der Waals surface area contributed by atoms with E-state index in [2.05, 4.69) is 10.1 Å². The van der Waals surface area contributed by atoms with Crippen molar-refractivity contribution in [3.05, 3.63) is 66.1 Å². The lowest BCUT2D eigenvalue weighted by atomic mass is 10.1. The van der Waals surface area contributed by atoms with Crippen LogP contribution in [-0.2, 0) is 11.3 Å². The molecular weight excluding hydrogens is 399 g/mol. The third-order valence-electron chi connectivity index (χ3n) is 5.01. The average Bonchev–Trinajstić information content (AvgIpc) is 3.12. The van der Waals surface area contributed by atoms with Crippen molar-refractivity contribution in [2.45, 2.75) is 6.54 Å². The Bertz CT molecular complexity index is 1260. The van der Waals surface area contributed by atoms with Crippen LogP contribution in [0.25, 0.3) is 22.3 Å². The summed E-state index contributed by atoms with van der Waals surface area (Å²) in [6.45, 7) is 0.217. The van der Waals surface area contributed by atoms with E-state index in [9.17, 15) is 9.18 Å². The van der Waals surface area contributed by atoms with E-state index in [0.29, 0.717) is 39.5 Å². The van der Waals surface area contributed by atoms with Crippen molar-refractivity contribution in [2.75, 3.05) is 30.5 Å². The van der Waals surface area contributed by atoms with Gasteiger partial charge in [-0.05, 0) is 30.3 Å². The molecule has 2 aromatic carbocycles. The summed E-state index contributed by atoms with van der Waals surface area (Å²) >= 11 is 0. The Labute approximate surface area is 177 Å². The molecule has 0 radical (unpaired) electrons. The lowest BCUT2D eigenvalue weighted by molar-refractivity contribution is 0.180. The van der Waals surface area contributed by atoms with Gasteiger partial charge in [0.25, 0.3) is 0 Å². The van der Waals surface area contributed by atoms with Crippen molar-refractivity contribution in [1.82, 2.24) is 14.8 Å². The average molecular weight is 420 g/mol. The van der Waals surface area contributed by atoms with E-state index >= 15 is 0 Å². The number of benzene rings is 2. The lowest BCUT2D eigenvalue weighted by Crippen LogP contribution is -2.27. The summed E-state index contributed by atoms with van der Waals surface area (Å²) in [7, 11) is 2.80. The van der Waals surface area contributed by atoms with Gasteiger partial charge < -0.3 is 16.2 Å². The Morgan fingerprint density at radius 3 is 2.55 bits per heavy atom. The zero-order valence-electron chi connectivity index (χ0n) is 17.0. The van der Waals surface area contributed by atoms with E-state index in [1.807, 2.05) is 6.07 Å². The van der Waals surface area contributed by atoms with Crippen molar-refractivity contribution < 1.29 is 13.9 Å². The number of amides is 1. The zero-order chi connectivity index (χ0) is 22.1. The van der Waals surface area contributed by atoms with Crippen LogP contribution in [0.1, 0.15) is 5.56 Å². The highest BCUT2D eigenvalue weighted by Gasteiger charge is 2.20. The maximum absolute atomic E-state index is 14.2. The first kappa shape index (κ1) is 20.1. The van der Waals surface area contributed by atoms with Crippen LogP contribution in [-0.4, -0.2) is 35.0 Å². The van der Waals surface area contributed by atoms with E-state index < -0.39 is 6.09 Å². The fourth-order valence-corrected chi connectivity index (χ4v) is 3.55. The van der Waals surface area contributed by atoms with Crippen LogP contribution in [0.4, 0.5) is 26.2 Å². The van der Waals surface area contributed by atoms with Gasteiger partial charge in [0.15, 0.2) is 5.65 Å². The van der Waals surface area contributed by atoms with Gasteiger partial charge in [0.05, 0.1) is 30.7 Å². The van der Waals surface area contributed by atoms with E-state index in [4.69, 9.17) is 16.2 Å². The largest absolute Gasteiger partial charge is 0.452 e. The van der Waals surface area contributed by atoms with Gasteiger partial charge >= 0.3 is 6.09 Å². The first-order valence-electron chi connectivity index (χ1n) is 9.46. The number of pyridine rings is 1. The van der Waals surface area contributed by atoms with E-state index in [1.165, 1.54) is 25.1 Å². The van der Waals surface area contributed by atoms with Crippen LogP contribution in [0.3, 0.4) is 0 Å². The number of fused-ring (bicyclic) bond motifs is 1. The Morgan fingerprint density at radius 1 is 1.16 bits per heavy atom. The van der Waals surface area contributed by atoms with Gasteiger partial charge in [0.1, 0.15) is 11.5 Å². The fraction of sp³-hybridized carbons (Fsp3) is 0.136. The Hall–Kier alpha value is -4.14. The highest BCUT2D eigenvalue weighted by molar-refractivity contribution is 6.00. The molecule has 0 atom stereocenters. The minimum atomic E-state index is -0.588. The third kappa shape index (κ3) is 3.61.